The molecule has 0 aliphatic heterocycles. The van der Waals surface area contributed by atoms with Crippen LogP contribution in [0.5, 0.6) is 0 Å². The minimum atomic E-state index is -0.680. The number of rotatable bonds is 5. The van der Waals surface area contributed by atoms with Crippen LogP contribution in [-0.4, -0.2) is 19.8 Å². The Balaban J connectivity index is 1.56. The number of anilines is 3. The predicted molar refractivity (Wildman–Crippen MR) is 99.2 cm³/mol. The molecule has 0 fully saturated rings. The molecule has 2 aromatic heterocycles. The van der Waals surface area contributed by atoms with Crippen molar-refractivity contribution in [1.29, 1.82) is 0 Å². The molecule has 0 aliphatic carbocycles. The van der Waals surface area contributed by atoms with E-state index in [9.17, 15) is 8.78 Å². The van der Waals surface area contributed by atoms with E-state index < -0.39 is 11.6 Å². The van der Waals surface area contributed by atoms with Crippen molar-refractivity contribution >= 4 is 34.4 Å². The second-order valence-corrected chi connectivity index (χ2v) is 6.15. The van der Waals surface area contributed by atoms with Gasteiger partial charge in [0.1, 0.15) is 11.6 Å². The molecule has 0 radical (unpaired) electrons. The number of halogens is 3. The molecule has 27 heavy (non-hydrogen) atoms. The Bertz CT molecular complexity index is 1110. The van der Waals surface area contributed by atoms with Crippen LogP contribution in [0.15, 0.2) is 54.6 Å². The minimum Gasteiger partial charge on any atom is -0.375 e. The Morgan fingerprint density at radius 2 is 1.89 bits per heavy atom. The lowest BCUT2D eigenvalue weighted by Crippen LogP contribution is -2.08. The smallest absolute Gasteiger partial charge is 0.178 e. The van der Waals surface area contributed by atoms with Gasteiger partial charge in [0.25, 0.3) is 0 Å². The van der Waals surface area contributed by atoms with Gasteiger partial charge in [0, 0.05) is 16.8 Å². The number of aromatic nitrogens is 4. The zero-order chi connectivity index (χ0) is 18.8. The number of hydrogen-bond donors (Lipinski definition) is 2. The minimum absolute atomic E-state index is 0.164. The molecular weight excluding hydrogens is 374 g/mol. The van der Waals surface area contributed by atoms with Gasteiger partial charge >= 0.3 is 0 Å². The van der Waals surface area contributed by atoms with Crippen LogP contribution in [0.25, 0.3) is 5.65 Å². The van der Waals surface area contributed by atoms with Crippen LogP contribution in [0.1, 0.15) is 5.82 Å². The summed E-state index contributed by atoms with van der Waals surface area (Å²) in [6.45, 7) is 0.164. The monoisotopic (exact) mass is 386 g/mol. The van der Waals surface area contributed by atoms with Crippen molar-refractivity contribution in [2.24, 2.45) is 0 Å². The number of benzene rings is 2. The van der Waals surface area contributed by atoms with Gasteiger partial charge in [-0.05, 0) is 42.5 Å². The fourth-order valence-corrected chi connectivity index (χ4v) is 2.72. The Morgan fingerprint density at radius 3 is 2.70 bits per heavy atom. The van der Waals surface area contributed by atoms with Crippen molar-refractivity contribution in [3.8, 4) is 0 Å². The van der Waals surface area contributed by atoms with E-state index in [4.69, 9.17) is 11.6 Å². The zero-order valence-corrected chi connectivity index (χ0v) is 14.6. The summed E-state index contributed by atoms with van der Waals surface area (Å²) in [5, 5.41) is 19.2. The van der Waals surface area contributed by atoms with Crippen molar-refractivity contribution in [2.45, 2.75) is 6.54 Å². The van der Waals surface area contributed by atoms with E-state index in [2.05, 4.69) is 25.9 Å². The first-order chi connectivity index (χ1) is 13.1. The third-order valence-electron chi connectivity index (χ3n) is 3.79. The SMILES string of the molecule is Fc1ccc(NCc2nnc3ccc(Nc4cccc(Cl)c4)nn23)c(F)c1. The van der Waals surface area contributed by atoms with E-state index in [0.29, 0.717) is 22.3 Å². The summed E-state index contributed by atoms with van der Waals surface area (Å²) < 4.78 is 28.3. The van der Waals surface area contributed by atoms with Crippen LogP contribution >= 0.6 is 11.6 Å². The molecule has 0 unspecified atom stereocenters. The maximum atomic E-state index is 13.8. The van der Waals surface area contributed by atoms with Crippen LogP contribution < -0.4 is 10.6 Å². The molecule has 0 atom stereocenters. The zero-order valence-electron chi connectivity index (χ0n) is 13.8. The van der Waals surface area contributed by atoms with Gasteiger partial charge < -0.3 is 10.6 Å². The van der Waals surface area contributed by atoms with Crippen LogP contribution in [0.4, 0.5) is 26.0 Å². The van der Waals surface area contributed by atoms with E-state index in [0.717, 1.165) is 11.8 Å². The van der Waals surface area contributed by atoms with Crippen molar-refractivity contribution in [3.63, 3.8) is 0 Å². The van der Waals surface area contributed by atoms with Gasteiger partial charge in [-0.3, -0.25) is 0 Å². The second-order valence-electron chi connectivity index (χ2n) is 5.72. The highest BCUT2D eigenvalue weighted by Crippen LogP contribution is 2.20. The van der Waals surface area contributed by atoms with Crippen molar-refractivity contribution in [1.82, 2.24) is 19.8 Å². The lowest BCUT2D eigenvalue weighted by molar-refractivity contribution is 0.585. The summed E-state index contributed by atoms with van der Waals surface area (Å²) in [6, 6.07) is 14.1. The maximum Gasteiger partial charge on any atom is 0.178 e. The van der Waals surface area contributed by atoms with Crippen LogP contribution in [0, 0.1) is 11.6 Å². The largest absolute Gasteiger partial charge is 0.375 e. The van der Waals surface area contributed by atoms with Gasteiger partial charge in [-0.2, -0.15) is 4.52 Å². The van der Waals surface area contributed by atoms with E-state index in [1.54, 1.807) is 28.8 Å². The molecular formula is C18H13ClF2N6. The fraction of sp³-hybridized carbons (Fsp3) is 0.0556. The van der Waals surface area contributed by atoms with Crippen LogP contribution in [0.2, 0.25) is 5.02 Å². The third kappa shape index (κ3) is 3.80. The maximum absolute atomic E-state index is 13.8. The fourth-order valence-electron chi connectivity index (χ4n) is 2.53. The summed E-state index contributed by atoms with van der Waals surface area (Å²) in [5.41, 5.74) is 1.50. The molecule has 9 heteroatoms. The van der Waals surface area contributed by atoms with Gasteiger partial charge in [-0.25, -0.2) is 8.78 Å². The topological polar surface area (TPSA) is 67.1 Å². The third-order valence-corrected chi connectivity index (χ3v) is 4.03. The van der Waals surface area contributed by atoms with Crippen LogP contribution in [-0.2, 0) is 6.54 Å². The molecule has 2 heterocycles. The number of nitrogens with zero attached hydrogens (tertiary/aromatic N) is 4. The first-order valence-corrected chi connectivity index (χ1v) is 8.39. The van der Waals surface area contributed by atoms with Crippen LogP contribution in [0.3, 0.4) is 0 Å². The number of fused-ring (bicyclic) bond motifs is 1. The average molecular weight is 387 g/mol. The van der Waals surface area contributed by atoms with E-state index in [-0.39, 0.29) is 12.2 Å². The molecule has 0 amide bonds. The van der Waals surface area contributed by atoms with Crippen molar-refractivity contribution in [2.75, 3.05) is 10.6 Å². The number of nitrogens with one attached hydrogen (secondary N) is 2. The molecule has 0 saturated heterocycles. The quantitative estimate of drug-likeness (QED) is 0.531. The molecule has 2 aromatic carbocycles. The lowest BCUT2D eigenvalue weighted by atomic mass is 10.3. The standard InChI is InChI=1S/C18H13ClF2N6/c19-11-2-1-3-13(8-11)23-16-6-7-17-24-25-18(27(17)26-16)10-22-15-5-4-12(20)9-14(15)21/h1-9,22H,10H2,(H,23,26). The van der Waals surface area contributed by atoms with Gasteiger partial charge in [-0.15, -0.1) is 15.3 Å². The van der Waals surface area contributed by atoms with Crippen molar-refractivity contribution in [3.05, 3.63) is 77.1 Å². The van der Waals surface area contributed by atoms with Gasteiger partial charge in [0.2, 0.25) is 0 Å². The van der Waals surface area contributed by atoms with E-state index >= 15 is 0 Å². The highest BCUT2D eigenvalue weighted by atomic mass is 35.5. The highest BCUT2D eigenvalue weighted by Gasteiger charge is 2.10. The normalized spacial score (nSPS) is 10.9. The lowest BCUT2D eigenvalue weighted by Gasteiger charge is -2.08. The Morgan fingerprint density at radius 1 is 1.00 bits per heavy atom. The number of hydrogen-bond acceptors (Lipinski definition) is 5. The molecule has 4 aromatic rings. The first-order valence-electron chi connectivity index (χ1n) is 8.01. The molecule has 136 valence electrons. The Labute approximate surface area is 157 Å². The summed E-state index contributed by atoms with van der Waals surface area (Å²) in [4.78, 5) is 0. The van der Waals surface area contributed by atoms with Crippen molar-refractivity contribution < 1.29 is 8.78 Å². The highest BCUT2D eigenvalue weighted by molar-refractivity contribution is 6.30. The second kappa shape index (κ2) is 7.16. The molecule has 0 aliphatic rings. The first kappa shape index (κ1) is 17.2. The van der Waals surface area contributed by atoms with E-state index in [1.165, 1.54) is 12.1 Å². The molecule has 4 rings (SSSR count). The predicted octanol–water partition coefficient (Wildman–Crippen LogP) is 4.41. The summed E-state index contributed by atoms with van der Waals surface area (Å²) in [5.74, 6) is -0.272. The summed E-state index contributed by atoms with van der Waals surface area (Å²) in [7, 11) is 0. The van der Waals surface area contributed by atoms with Gasteiger partial charge in [0.05, 0.1) is 12.2 Å². The molecule has 0 bridgehead atoms. The van der Waals surface area contributed by atoms with E-state index in [1.807, 2.05) is 12.1 Å². The van der Waals surface area contributed by atoms with Gasteiger partial charge in [-0.1, -0.05) is 17.7 Å². The van der Waals surface area contributed by atoms with Gasteiger partial charge in [0.15, 0.2) is 17.3 Å². The molecule has 2 N–H and O–H groups in total. The molecule has 0 saturated carbocycles. The Kier molecular flexibility index (Phi) is 4.55. The summed E-state index contributed by atoms with van der Waals surface area (Å²) >= 11 is 5.99. The molecule has 6 nitrogen and oxygen atoms in total. The average Bonchev–Trinajstić information content (AvgIpc) is 3.03. The molecule has 0 spiro atoms. The summed E-state index contributed by atoms with van der Waals surface area (Å²) in [6.07, 6.45) is 0. The Hall–Kier alpha value is -3.26.